The van der Waals surface area contributed by atoms with Gasteiger partial charge in [-0.2, -0.15) is 0 Å². The first-order chi connectivity index (χ1) is 8.71. The molecule has 0 saturated carbocycles. The van der Waals surface area contributed by atoms with Gasteiger partial charge in [-0.25, -0.2) is 8.42 Å². The minimum absolute atomic E-state index is 0.00639. The molecule has 0 fully saturated rings. The van der Waals surface area contributed by atoms with Gasteiger partial charge in [-0.1, -0.05) is 19.9 Å². The van der Waals surface area contributed by atoms with Crippen LogP contribution in [0.4, 0.5) is 11.4 Å². The highest BCUT2D eigenvalue weighted by Crippen LogP contribution is 2.20. The Balaban J connectivity index is 2.74. The summed E-state index contributed by atoms with van der Waals surface area (Å²) in [4.78, 5) is 11.7. The summed E-state index contributed by atoms with van der Waals surface area (Å²) >= 11 is 0. The molecule has 106 valence electrons. The lowest BCUT2D eigenvalue weighted by molar-refractivity contribution is -0.113. The third-order valence-electron chi connectivity index (χ3n) is 2.59. The number of nitrogens with two attached hydrogens (primary N) is 1. The number of carbonyl (C=O) groups excluding carboxylic acids is 1. The SMILES string of the molecule is Cc1c(N)cccc1NC(=O)CS(=O)(=O)CC(C)C. The third kappa shape index (κ3) is 4.90. The molecule has 0 aromatic heterocycles. The number of rotatable bonds is 5. The molecule has 0 spiro atoms. The molecule has 6 heteroatoms. The van der Waals surface area contributed by atoms with Crippen LogP contribution < -0.4 is 11.1 Å². The molecular weight excluding hydrogens is 264 g/mol. The van der Waals surface area contributed by atoms with E-state index in [1.807, 2.05) is 0 Å². The number of nitrogen functional groups attached to an aromatic ring is 1. The zero-order valence-corrected chi connectivity index (χ0v) is 12.3. The second-order valence-electron chi connectivity index (χ2n) is 5.02. The average Bonchev–Trinajstić information content (AvgIpc) is 2.21. The van der Waals surface area contributed by atoms with Crippen LogP contribution in [0.1, 0.15) is 19.4 Å². The van der Waals surface area contributed by atoms with Crippen LogP contribution >= 0.6 is 0 Å². The van der Waals surface area contributed by atoms with E-state index in [0.29, 0.717) is 11.4 Å². The minimum Gasteiger partial charge on any atom is -0.398 e. The molecule has 19 heavy (non-hydrogen) atoms. The Morgan fingerprint density at radius 1 is 1.37 bits per heavy atom. The highest BCUT2D eigenvalue weighted by molar-refractivity contribution is 7.92. The summed E-state index contributed by atoms with van der Waals surface area (Å²) in [6, 6.07) is 5.12. The first-order valence-electron chi connectivity index (χ1n) is 6.06. The number of anilines is 2. The molecule has 1 amide bonds. The summed E-state index contributed by atoms with van der Waals surface area (Å²) in [6.07, 6.45) is 0. The topological polar surface area (TPSA) is 89.3 Å². The summed E-state index contributed by atoms with van der Waals surface area (Å²) in [5, 5.41) is 2.58. The molecule has 0 unspecified atom stereocenters. The van der Waals surface area contributed by atoms with Crippen LogP contribution in [0.15, 0.2) is 18.2 Å². The highest BCUT2D eigenvalue weighted by atomic mass is 32.2. The van der Waals surface area contributed by atoms with Gasteiger partial charge >= 0.3 is 0 Å². The predicted molar refractivity (Wildman–Crippen MR) is 77.7 cm³/mol. The maximum atomic E-state index is 11.7. The van der Waals surface area contributed by atoms with Gasteiger partial charge in [0.15, 0.2) is 9.84 Å². The summed E-state index contributed by atoms with van der Waals surface area (Å²) in [7, 11) is -3.37. The van der Waals surface area contributed by atoms with Crippen molar-refractivity contribution >= 4 is 27.1 Å². The molecule has 0 bridgehead atoms. The van der Waals surface area contributed by atoms with Crippen molar-refractivity contribution in [1.29, 1.82) is 0 Å². The fourth-order valence-corrected chi connectivity index (χ4v) is 3.35. The van der Waals surface area contributed by atoms with Crippen molar-refractivity contribution in [1.82, 2.24) is 0 Å². The van der Waals surface area contributed by atoms with Gasteiger partial charge in [-0.15, -0.1) is 0 Å². The highest BCUT2D eigenvalue weighted by Gasteiger charge is 2.18. The van der Waals surface area contributed by atoms with Gasteiger partial charge in [0.25, 0.3) is 0 Å². The normalized spacial score (nSPS) is 11.6. The maximum Gasteiger partial charge on any atom is 0.239 e. The van der Waals surface area contributed by atoms with E-state index in [9.17, 15) is 13.2 Å². The number of benzene rings is 1. The lowest BCUT2D eigenvalue weighted by Crippen LogP contribution is -2.26. The summed E-state index contributed by atoms with van der Waals surface area (Å²) in [5.41, 5.74) is 7.56. The van der Waals surface area contributed by atoms with E-state index in [2.05, 4.69) is 5.32 Å². The van der Waals surface area contributed by atoms with E-state index >= 15 is 0 Å². The number of amides is 1. The Morgan fingerprint density at radius 2 is 2.00 bits per heavy atom. The van der Waals surface area contributed by atoms with Gasteiger partial charge in [-0.05, 0) is 30.5 Å². The molecular formula is C13H20N2O3S. The molecule has 3 N–H and O–H groups in total. The zero-order valence-electron chi connectivity index (χ0n) is 11.4. The predicted octanol–water partition coefficient (Wildman–Crippen LogP) is 1.59. The van der Waals surface area contributed by atoms with E-state index in [-0.39, 0.29) is 11.7 Å². The standard InChI is InChI=1S/C13H20N2O3S/c1-9(2)7-19(17,18)8-13(16)15-12-6-4-5-11(14)10(12)3/h4-6,9H,7-8,14H2,1-3H3,(H,15,16). The second-order valence-corrected chi connectivity index (χ2v) is 7.13. The Bertz CT molecular complexity index is 565. The third-order valence-corrected chi connectivity index (χ3v) is 4.46. The molecule has 1 rings (SSSR count). The van der Waals surface area contributed by atoms with E-state index < -0.39 is 21.5 Å². The number of carbonyl (C=O) groups is 1. The lowest BCUT2D eigenvalue weighted by Gasteiger charge is -2.11. The molecule has 1 aromatic rings. The van der Waals surface area contributed by atoms with Crippen molar-refractivity contribution in [2.24, 2.45) is 5.92 Å². The van der Waals surface area contributed by atoms with E-state index in [0.717, 1.165) is 5.56 Å². The van der Waals surface area contributed by atoms with Crippen molar-refractivity contribution in [3.8, 4) is 0 Å². The molecule has 0 aliphatic rings. The van der Waals surface area contributed by atoms with Crippen molar-refractivity contribution < 1.29 is 13.2 Å². The van der Waals surface area contributed by atoms with Crippen molar-refractivity contribution in [3.05, 3.63) is 23.8 Å². The van der Waals surface area contributed by atoms with Gasteiger partial charge in [0.1, 0.15) is 5.75 Å². The van der Waals surface area contributed by atoms with Gasteiger partial charge in [0.05, 0.1) is 5.75 Å². The smallest absolute Gasteiger partial charge is 0.239 e. The van der Waals surface area contributed by atoms with Gasteiger partial charge in [0.2, 0.25) is 5.91 Å². The number of hydrogen-bond acceptors (Lipinski definition) is 4. The summed E-state index contributed by atoms with van der Waals surface area (Å²) < 4.78 is 23.4. The van der Waals surface area contributed by atoms with Crippen LogP contribution in [-0.4, -0.2) is 25.8 Å². The Morgan fingerprint density at radius 3 is 2.58 bits per heavy atom. The molecule has 0 aliphatic heterocycles. The van der Waals surface area contributed by atoms with Crippen LogP contribution in [0.25, 0.3) is 0 Å². The number of nitrogens with one attached hydrogen (secondary N) is 1. The quantitative estimate of drug-likeness (QED) is 0.803. The van der Waals surface area contributed by atoms with E-state index in [4.69, 9.17) is 5.73 Å². The summed E-state index contributed by atoms with van der Waals surface area (Å²) in [5.74, 6) is -1.02. The van der Waals surface area contributed by atoms with Gasteiger partial charge < -0.3 is 11.1 Å². The van der Waals surface area contributed by atoms with Gasteiger partial charge in [-0.3, -0.25) is 4.79 Å². The lowest BCUT2D eigenvalue weighted by atomic mass is 10.1. The van der Waals surface area contributed by atoms with E-state index in [1.165, 1.54) is 0 Å². The number of sulfone groups is 1. The summed E-state index contributed by atoms with van der Waals surface area (Å²) in [6.45, 7) is 5.38. The molecule has 1 aromatic carbocycles. The monoisotopic (exact) mass is 284 g/mol. The maximum absolute atomic E-state index is 11.7. The fraction of sp³-hybridized carbons (Fsp3) is 0.462. The molecule has 0 aliphatic carbocycles. The van der Waals surface area contributed by atoms with Crippen LogP contribution in [0.5, 0.6) is 0 Å². The van der Waals surface area contributed by atoms with Gasteiger partial charge in [0, 0.05) is 11.4 Å². The van der Waals surface area contributed by atoms with Crippen molar-refractivity contribution in [2.45, 2.75) is 20.8 Å². The first kappa shape index (κ1) is 15.5. The Hall–Kier alpha value is -1.56. The van der Waals surface area contributed by atoms with Crippen LogP contribution in [-0.2, 0) is 14.6 Å². The molecule has 0 heterocycles. The fourth-order valence-electron chi connectivity index (χ4n) is 1.74. The largest absolute Gasteiger partial charge is 0.398 e. The molecule has 5 nitrogen and oxygen atoms in total. The minimum atomic E-state index is -3.37. The zero-order chi connectivity index (χ0) is 14.6. The Labute approximate surface area is 114 Å². The van der Waals surface area contributed by atoms with Crippen LogP contribution in [0.2, 0.25) is 0 Å². The van der Waals surface area contributed by atoms with Crippen molar-refractivity contribution in [2.75, 3.05) is 22.6 Å². The van der Waals surface area contributed by atoms with E-state index in [1.54, 1.807) is 39.0 Å². The first-order valence-corrected chi connectivity index (χ1v) is 7.89. The average molecular weight is 284 g/mol. The molecule has 0 saturated heterocycles. The van der Waals surface area contributed by atoms with Crippen LogP contribution in [0, 0.1) is 12.8 Å². The van der Waals surface area contributed by atoms with Crippen molar-refractivity contribution in [3.63, 3.8) is 0 Å². The molecule has 0 atom stereocenters. The number of hydrogen-bond donors (Lipinski definition) is 2. The molecule has 0 radical (unpaired) electrons. The van der Waals surface area contributed by atoms with Crippen LogP contribution in [0.3, 0.4) is 0 Å². The second kappa shape index (κ2) is 6.06. The Kier molecular flexibility index (Phi) is 4.94.